The summed E-state index contributed by atoms with van der Waals surface area (Å²) in [6.45, 7) is 0. The van der Waals surface area contributed by atoms with Crippen molar-refractivity contribution >= 4 is 87.4 Å². The molecule has 12 aromatic rings. The lowest BCUT2D eigenvalue weighted by Crippen LogP contribution is -1.96. The van der Waals surface area contributed by atoms with Crippen molar-refractivity contribution in [1.82, 2.24) is 13.7 Å². The second kappa shape index (κ2) is 10.3. The summed E-state index contributed by atoms with van der Waals surface area (Å²) in [5, 5.41) is 9.68. The highest BCUT2D eigenvalue weighted by atomic mass is 16.3. The van der Waals surface area contributed by atoms with E-state index in [0.717, 1.165) is 50.0 Å². The number of benzene rings is 8. The van der Waals surface area contributed by atoms with Gasteiger partial charge in [-0.25, -0.2) is 0 Å². The molecule has 4 aromatic heterocycles. The Bertz CT molecular complexity index is 3390. The molecular formula is C48H29N3O. The van der Waals surface area contributed by atoms with E-state index in [0.29, 0.717) is 0 Å². The van der Waals surface area contributed by atoms with Crippen LogP contribution in [0.5, 0.6) is 0 Å². The van der Waals surface area contributed by atoms with E-state index in [4.69, 9.17) is 4.42 Å². The predicted octanol–water partition coefficient (Wildman–Crippen LogP) is 12.9. The van der Waals surface area contributed by atoms with Crippen LogP contribution in [-0.2, 0) is 0 Å². The van der Waals surface area contributed by atoms with Gasteiger partial charge in [-0.3, -0.25) is 0 Å². The van der Waals surface area contributed by atoms with Gasteiger partial charge in [0.15, 0.2) is 0 Å². The summed E-state index contributed by atoms with van der Waals surface area (Å²) in [6.07, 6.45) is 0. The summed E-state index contributed by atoms with van der Waals surface area (Å²) in [6, 6.07) is 63.5. The highest BCUT2D eigenvalue weighted by molar-refractivity contribution is 6.25. The average Bonchev–Trinajstić information content (AvgIpc) is 3.93. The van der Waals surface area contributed by atoms with Gasteiger partial charge in [0.05, 0.1) is 38.5 Å². The lowest BCUT2D eigenvalue weighted by atomic mass is 10.1. The molecule has 0 amide bonds. The van der Waals surface area contributed by atoms with Gasteiger partial charge in [-0.1, -0.05) is 91.0 Å². The van der Waals surface area contributed by atoms with Gasteiger partial charge < -0.3 is 18.1 Å². The van der Waals surface area contributed by atoms with E-state index >= 15 is 0 Å². The van der Waals surface area contributed by atoms with Gasteiger partial charge in [-0.15, -0.1) is 0 Å². The van der Waals surface area contributed by atoms with E-state index in [1.165, 1.54) is 54.4 Å². The van der Waals surface area contributed by atoms with Gasteiger partial charge in [0.1, 0.15) is 11.2 Å². The first-order valence-electron chi connectivity index (χ1n) is 17.8. The van der Waals surface area contributed by atoms with Crippen LogP contribution in [0.4, 0.5) is 0 Å². The Balaban J connectivity index is 1.21. The van der Waals surface area contributed by atoms with Crippen molar-refractivity contribution in [2.75, 3.05) is 0 Å². The maximum absolute atomic E-state index is 6.41. The van der Waals surface area contributed by atoms with Crippen LogP contribution in [0.1, 0.15) is 0 Å². The van der Waals surface area contributed by atoms with Crippen LogP contribution in [-0.4, -0.2) is 13.7 Å². The van der Waals surface area contributed by atoms with Gasteiger partial charge in [0.25, 0.3) is 0 Å². The van der Waals surface area contributed by atoms with E-state index in [-0.39, 0.29) is 0 Å². The lowest BCUT2D eigenvalue weighted by molar-refractivity contribution is 0.669. The fourth-order valence-corrected chi connectivity index (χ4v) is 8.85. The molecule has 0 saturated heterocycles. The van der Waals surface area contributed by atoms with Crippen molar-refractivity contribution in [3.8, 4) is 17.1 Å². The van der Waals surface area contributed by atoms with Crippen LogP contribution in [0.25, 0.3) is 104 Å². The Hall–Kier alpha value is -7.04. The van der Waals surface area contributed by atoms with Crippen molar-refractivity contribution in [3.05, 3.63) is 176 Å². The molecule has 0 spiro atoms. The lowest BCUT2D eigenvalue weighted by Gasteiger charge is -2.11. The van der Waals surface area contributed by atoms with E-state index in [2.05, 4.69) is 184 Å². The minimum Gasteiger partial charge on any atom is -0.456 e. The molecule has 0 fully saturated rings. The molecule has 4 nitrogen and oxygen atoms in total. The quantitative estimate of drug-likeness (QED) is 0.185. The monoisotopic (exact) mass is 663 g/mol. The van der Waals surface area contributed by atoms with Gasteiger partial charge in [-0.05, 0) is 84.9 Å². The molecule has 0 atom stereocenters. The maximum Gasteiger partial charge on any atom is 0.137 e. The SMILES string of the molecule is c1ccc(-n2c3ccccc3c3cc4c5ccccc5n(-c5ccc6c(c5)c5ccc7oc8ccccc8c7c5n6-c5ccccc5)c4cc32)cc1. The topological polar surface area (TPSA) is 27.9 Å². The highest BCUT2D eigenvalue weighted by Crippen LogP contribution is 2.43. The summed E-state index contributed by atoms with van der Waals surface area (Å²) in [5.74, 6) is 0. The van der Waals surface area contributed by atoms with Crippen LogP contribution in [0.15, 0.2) is 180 Å². The zero-order valence-corrected chi connectivity index (χ0v) is 28.0. The van der Waals surface area contributed by atoms with Crippen LogP contribution in [0.3, 0.4) is 0 Å². The molecule has 12 rings (SSSR count). The summed E-state index contributed by atoms with van der Waals surface area (Å²) < 4.78 is 13.7. The van der Waals surface area contributed by atoms with Crippen molar-refractivity contribution in [2.45, 2.75) is 0 Å². The third kappa shape index (κ3) is 3.65. The van der Waals surface area contributed by atoms with Crippen molar-refractivity contribution < 1.29 is 4.42 Å². The molecule has 0 saturated carbocycles. The van der Waals surface area contributed by atoms with E-state index in [1.54, 1.807) is 0 Å². The fraction of sp³-hybridized carbons (Fsp3) is 0. The molecule has 0 bridgehead atoms. The van der Waals surface area contributed by atoms with Crippen LogP contribution in [0, 0.1) is 0 Å². The van der Waals surface area contributed by atoms with Gasteiger partial charge in [0, 0.05) is 54.8 Å². The van der Waals surface area contributed by atoms with Crippen LogP contribution >= 0.6 is 0 Å². The first kappa shape index (κ1) is 27.7. The van der Waals surface area contributed by atoms with Gasteiger partial charge in [-0.2, -0.15) is 0 Å². The van der Waals surface area contributed by atoms with E-state index < -0.39 is 0 Å². The highest BCUT2D eigenvalue weighted by Gasteiger charge is 2.22. The minimum absolute atomic E-state index is 0.897. The number of aromatic nitrogens is 3. The molecule has 0 N–H and O–H groups in total. The number of hydrogen-bond donors (Lipinski definition) is 0. The van der Waals surface area contributed by atoms with Crippen molar-refractivity contribution in [1.29, 1.82) is 0 Å². The molecule has 242 valence electrons. The standard InChI is InChI=1S/C48H29N3O/c1-3-13-30(14-4-1)49-40-20-10-7-17-33(40)38-28-39-34-18-8-11-21-41(34)50(44(39)29-43(38)49)32-23-25-42-37(27-32)35-24-26-46-47(36-19-9-12-22-45(36)52-46)48(35)51(42)31-15-5-2-6-16-31/h1-29H. The molecule has 0 aliphatic carbocycles. The van der Waals surface area contributed by atoms with Gasteiger partial charge >= 0.3 is 0 Å². The Kier molecular flexibility index (Phi) is 5.47. The Morgan fingerprint density at radius 2 is 0.827 bits per heavy atom. The summed E-state index contributed by atoms with van der Waals surface area (Å²) in [4.78, 5) is 0. The zero-order valence-electron chi connectivity index (χ0n) is 28.0. The molecule has 0 radical (unpaired) electrons. The molecule has 0 aliphatic rings. The summed E-state index contributed by atoms with van der Waals surface area (Å²) in [7, 11) is 0. The van der Waals surface area contributed by atoms with E-state index in [1.807, 2.05) is 6.07 Å². The number of nitrogens with zero attached hydrogens (tertiary/aromatic N) is 3. The first-order chi connectivity index (χ1) is 25.8. The molecule has 0 aliphatic heterocycles. The second-order valence-corrected chi connectivity index (χ2v) is 13.7. The van der Waals surface area contributed by atoms with Crippen LogP contribution < -0.4 is 0 Å². The predicted molar refractivity (Wildman–Crippen MR) is 217 cm³/mol. The van der Waals surface area contributed by atoms with Gasteiger partial charge in [0.2, 0.25) is 0 Å². The summed E-state index contributed by atoms with van der Waals surface area (Å²) in [5.41, 5.74) is 12.3. The van der Waals surface area contributed by atoms with Crippen molar-refractivity contribution in [3.63, 3.8) is 0 Å². The third-order valence-electron chi connectivity index (χ3n) is 11.0. The number of para-hydroxylation sites is 5. The molecule has 0 unspecified atom stereocenters. The molecule has 4 heterocycles. The molecule has 4 heteroatoms. The Morgan fingerprint density at radius 1 is 0.288 bits per heavy atom. The number of rotatable bonds is 3. The fourth-order valence-electron chi connectivity index (χ4n) is 8.85. The average molecular weight is 664 g/mol. The number of furan rings is 1. The number of hydrogen-bond acceptors (Lipinski definition) is 1. The largest absolute Gasteiger partial charge is 0.456 e. The first-order valence-corrected chi connectivity index (χ1v) is 17.8. The number of fused-ring (bicyclic) bond motifs is 13. The van der Waals surface area contributed by atoms with Crippen LogP contribution in [0.2, 0.25) is 0 Å². The van der Waals surface area contributed by atoms with E-state index in [9.17, 15) is 0 Å². The Morgan fingerprint density at radius 3 is 1.52 bits per heavy atom. The second-order valence-electron chi connectivity index (χ2n) is 13.7. The van der Waals surface area contributed by atoms with Crippen molar-refractivity contribution in [2.24, 2.45) is 0 Å². The minimum atomic E-state index is 0.897. The molecule has 52 heavy (non-hydrogen) atoms. The normalized spacial score (nSPS) is 12.2. The Labute approximate surface area is 297 Å². The third-order valence-corrected chi connectivity index (χ3v) is 11.0. The smallest absolute Gasteiger partial charge is 0.137 e. The molecule has 8 aromatic carbocycles. The maximum atomic E-state index is 6.41. The molecular weight excluding hydrogens is 635 g/mol. The zero-order chi connectivity index (χ0) is 33.9. The summed E-state index contributed by atoms with van der Waals surface area (Å²) >= 11 is 0.